The number of likely N-dealkylation sites (tertiary alicyclic amines) is 1. The zero-order chi connectivity index (χ0) is 14.1. The Kier molecular flexibility index (Phi) is 4.17. The molecule has 1 amide bonds. The van der Waals surface area contributed by atoms with Crippen LogP contribution in [0.15, 0.2) is 18.2 Å². The highest BCUT2D eigenvalue weighted by molar-refractivity contribution is 6.39. The lowest BCUT2D eigenvalue weighted by Crippen LogP contribution is -2.33. The monoisotopic (exact) mass is 313 g/mol. The lowest BCUT2D eigenvalue weighted by atomic mass is 10.0. The molecule has 2 atom stereocenters. The van der Waals surface area contributed by atoms with Crippen LogP contribution in [0.2, 0.25) is 10.0 Å². The van der Waals surface area contributed by atoms with Crippen molar-refractivity contribution in [1.82, 2.24) is 10.2 Å². The van der Waals surface area contributed by atoms with Gasteiger partial charge in [-0.2, -0.15) is 0 Å². The third kappa shape index (κ3) is 2.93. The number of carbonyl (C=O) groups is 1. The number of hydrogen-bond acceptors (Lipinski definition) is 3. The highest BCUT2D eigenvalue weighted by Gasteiger charge is 2.36. The normalized spacial score (nSPS) is 25.7. The summed E-state index contributed by atoms with van der Waals surface area (Å²) >= 11 is 12.1. The van der Waals surface area contributed by atoms with Crippen molar-refractivity contribution in [3.8, 4) is 0 Å². The maximum absolute atomic E-state index is 12.1. The molecule has 2 aliphatic heterocycles. The van der Waals surface area contributed by atoms with Crippen molar-refractivity contribution in [3.63, 3.8) is 0 Å². The van der Waals surface area contributed by atoms with Gasteiger partial charge in [-0.3, -0.25) is 9.69 Å². The number of halogens is 2. The molecule has 0 aliphatic carbocycles. The fourth-order valence-electron chi connectivity index (χ4n) is 3.08. The van der Waals surface area contributed by atoms with E-state index in [9.17, 15) is 4.79 Å². The Bertz CT molecular complexity index is 491. The van der Waals surface area contributed by atoms with Crippen LogP contribution < -0.4 is 10.6 Å². The van der Waals surface area contributed by atoms with E-state index in [1.165, 1.54) is 0 Å². The van der Waals surface area contributed by atoms with E-state index in [4.69, 9.17) is 23.2 Å². The maximum atomic E-state index is 12.1. The second kappa shape index (κ2) is 5.90. The van der Waals surface area contributed by atoms with Gasteiger partial charge in [-0.25, -0.2) is 0 Å². The highest BCUT2D eigenvalue weighted by atomic mass is 35.5. The molecule has 1 aromatic carbocycles. The Labute approximate surface area is 128 Å². The maximum Gasteiger partial charge on any atom is 0.238 e. The van der Waals surface area contributed by atoms with Gasteiger partial charge in [0, 0.05) is 13.1 Å². The number of nitrogens with zero attached hydrogens (tertiary/aromatic N) is 1. The van der Waals surface area contributed by atoms with Crippen molar-refractivity contribution in [2.75, 3.05) is 38.0 Å². The molecule has 108 valence electrons. The lowest BCUT2D eigenvalue weighted by molar-refractivity contribution is -0.117. The van der Waals surface area contributed by atoms with Crippen LogP contribution in [0.3, 0.4) is 0 Å². The zero-order valence-corrected chi connectivity index (χ0v) is 12.5. The number of fused-ring (bicyclic) bond motifs is 1. The van der Waals surface area contributed by atoms with E-state index in [0.29, 0.717) is 34.1 Å². The number of anilines is 1. The molecule has 2 heterocycles. The summed E-state index contributed by atoms with van der Waals surface area (Å²) in [6.07, 6.45) is 0. The van der Waals surface area contributed by atoms with Crippen molar-refractivity contribution in [1.29, 1.82) is 0 Å². The molecule has 2 N–H and O–H groups in total. The van der Waals surface area contributed by atoms with Gasteiger partial charge in [-0.1, -0.05) is 29.3 Å². The summed E-state index contributed by atoms with van der Waals surface area (Å²) in [7, 11) is 0. The minimum atomic E-state index is -0.0621. The first kappa shape index (κ1) is 14.1. The van der Waals surface area contributed by atoms with Crippen molar-refractivity contribution in [2.24, 2.45) is 11.8 Å². The van der Waals surface area contributed by atoms with E-state index in [1.807, 2.05) is 0 Å². The molecule has 2 aliphatic rings. The second-order valence-corrected chi connectivity index (χ2v) is 6.33. The first-order valence-electron chi connectivity index (χ1n) is 6.80. The van der Waals surface area contributed by atoms with Crippen molar-refractivity contribution in [3.05, 3.63) is 28.2 Å². The Morgan fingerprint density at radius 2 is 1.85 bits per heavy atom. The summed E-state index contributed by atoms with van der Waals surface area (Å²) in [4.78, 5) is 14.3. The molecule has 6 heteroatoms. The second-order valence-electron chi connectivity index (χ2n) is 5.52. The average molecular weight is 314 g/mol. The van der Waals surface area contributed by atoms with Crippen LogP contribution in [0.1, 0.15) is 0 Å². The Hall–Kier alpha value is -0.810. The molecule has 20 heavy (non-hydrogen) atoms. The van der Waals surface area contributed by atoms with Crippen LogP contribution in [0.25, 0.3) is 0 Å². The molecule has 0 bridgehead atoms. The quantitative estimate of drug-likeness (QED) is 0.898. The number of para-hydroxylation sites is 1. The molecular formula is C14H17Cl2N3O. The van der Waals surface area contributed by atoms with Gasteiger partial charge in [0.2, 0.25) is 5.91 Å². The largest absolute Gasteiger partial charge is 0.322 e. The zero-order valence-electron chi connectivity index (χ0n) is 11.0. The Morgan fingerprint density at radius 1 is 1.25 bits per heavy atom. The summed E-state index contributed by atoms with van der Waals surface area (Å²) in [6, 6.07) is 5.19. The molecule has 0 radical (unpaired) electrons. The molecule has 1 aromatic rings. The smallest absolute Gasteiger partial charge is 0.238 e. The van der Waals surface area contributed by atoms with Gasteiger partial charge >= 0.3 is 0 Å². The van der Waals surface area contributed by atoms with Crippen LogP contribution >= 0.6 is 23.2 Å². The topological polar surface area (TPSA) is 44.4 Å². The molecule has 0 aromatic heterocycles. The van der Waals surface area contributed by atoms with E-state index in [2.05, 4.69) is 15.5 Å². The van der Waals surface area contributed by atoms with Crippen LogP contribution in [0, 0.1) is 11.8 Å². The summed E-state index contributed by atoms with van der Waals surface area (Å²) in [5.74, 6) is 1.31. The van der Waals surface area contributed by atoms with Crippen molar-refractivity contribution < 1.29 is 4.79 Å². The molecule has 2 fully saturated rings. The summed E-state index contributed by atoms with van der Waals surface area (Å²) in [6.45, 7) is 4.51. The number of rotatable bonds is 3. The predicted molar refractivity (Wildman–Crippen MR) is 81.4 cm³/mol. The van der Waals surface area contributed by atoms with E-state index in [0.717, 1.165) is 26.2 Å². The van der Waals surface area contributed by atoms with Crippen LogP contribution in [0.5, 0.6) is 0 Å². The Morgan fingerprint density at radius 3 is 2.45 bits per heavy atom. The first-order valence-corrected chi connectivity index (χ1v) is 7.56. The van der Waals surface area contributed by atoms with Crippen molar-refractivity contribution >= 4 is 34.8 Å². The van der Waals surface area contributed by atoms with Crippen LogP contribution in [0.4, 0.5) is 5.69 Å². The van der Waals surface area contributed by atoms with Gasteiger partial charge in [0.1, 0.15) is 0 Å². The molecule has 2 saturated heterocycles. The summed E-state index contributed by atoms with van der Waals surface area (Å²) in [5.41, 5.74) is 0.502. The third-order valence-corrected chi connectivity index (χ3v) is 4.69. The number of nitrogens with one attached hydrogen (secondary N) is 2. The van der Waals surface area contributed by atoms with Crippen LogP contribution in [-0.2, 0) is 4.79 Å². The van der Waals surface area contributed by atoms with E-state index in [-0.39, 0.29) is 5.91 Å². The Balaban J connectivity index is 1.58. The first-order chi connectivity index (χ1) is 9.63. The van der Waals surface area contributed by atoms with Gasteiger partial charge in [0.05, 0.1) is 22.3 Å². The van der Waals surface area contributed by atoms with Gasteiger partial charge in [0.25, 0.3) is 0 Å². The SMILES string of the molecule is O=C(CN1C[C@H]2CNC[C@H]2C1)Nc1c(Cl)cccc1Cl. The molecule has 0 unspecified atom stereocenters. The van der Waals surface area contributed by atoms with Crippen molar-refractivity contribution in [2.45, 2.75) is 0 Å². The number of hydrogen-bond donors (Lipinski definition) is 2. The van der Waals surface area contributed by atoms with Gasteiger partial charge in [-0.05, 0) is 37.1 Å². The molecular weight excluding hydrogens is 297 g/mol. The molecule has 0 spiro atoms. The van der Waals surface area contributed by atoms with E-state index in [1.54, 1.807) is 18.2 Å². The van der Waals surface area contributed by atoms with E-state index < -0.39 is 0 Å². The molecule has 3 rings (SSSR count). The standard InChI is InChI=1S/C14H17Cl2N3O/c15-11-2-1-3-12(16)14(11)18-13(20)8-19-6-9-4-17-5-10(9)7-19/h1-3,9-10,17H,4-8H2,(H,18,20)/t9-,10+. The fourth-order valence-corrected chi connectivity index (χ4v) is 3.57. The summed E-state index contributed by atoms with van der Waals surface area (Å²) in [5, 5.41) is 7.13. The minimum Gasteiger partial charge on any atom is -0.322 e. The predicted octanol–water partition coefficient (Wildman–Crippen LogP) is 2.08. The molecule has 4 nitrogen and oxygen atoms in total. The fraction of sp³-hybridized carbons (Fsp3) is 0.500. The van der Waals surface area contributed by atoms with Gasteiger partial charge < -0.3 is 10.6 Å². The number of benzene rings is 1. The van der Waals surface area contributed by atoms with Gasteiger partial charge in [0.15, 0.2) is 0 Å². The lowest BCUT2D eigenvalue weighted by Gasteiger charge is -2.17. The number of amides is 1. The minimum absolute atomic E-state index is 0.0621. The van der Waals surface area contributed by atoms with Gasteiger partial charge in [-0.15, -0.1) is 0 Å². The highest BCUT2D eigenvalue weighted by Crippen LogP contribution is 2.30. The molecule has 0 saturated carbocycles. The van der Waals surface area contributed by atoms with E-state index >= 15 is 0 Å². The van der Waals surface area contributed by atoms with Crippen LogP contribution in [-0.4, -0.2) is 43.5 Å². The average Bonchev–Trinajstić information content (AvgIpc) is 2.94. The number of carbonyl (C=O) groups excluding carboxylic acids is 1. The summed E-state index contributed by atoms with van der Waals surface area (Å²) < 4.78 is 0. The third-order valence-electron chi connectivity index (χ3n) is 4.06.